The van der Waals surface area contributed by atoms with Crippen molar-refractivity contribution in [1.29, 1.82) is 0 Å². The first kappa shape index (κ1) is 12.2. The zero-order chi connectivity index (χ0) is 12.1. The van der Waals surface area contributed by atoms with E-state index < -0.39 is 17.6 Å². The number of carbonyl (C=O) groups is 1. The molecule has 0 aromatic heterocycles. The van der Waals surface area contributed by atoms with Crippen LogP contribution in [0, 0.1) is 18.6 Å². The highest BCUT2D eigenvalue weighted by molar-refractivity contribution is 5.82. The van der Waals surface area contributed by atoms with Gasteiger partial charge < -0.3 is 10.1 Å². The van der Waals surface area contributed by atoms with Gasteiger partial charge in [-0.15, -0.1) is 0 Å². The highest BCUT2D eigenvalue weighted by Crippen LogP contribution is 2.21. The molecule has 0 spiro atoms. The molecule has 86 valence electrons. The topological polar surface area (TPSA) is 38.3 Å². The molecule has 0 bridgehead atoms. The Morgan fingerprint density at radius 3 is 2.75 bits per heavy atom. The van der Waals surface area contributed by atoms with Crippen molar-refractivity contribution in [3.8, 4) is 0 Å². The van der Waals surface area contributed by atoms with Crippen LogP contribution in [0.1, 0.15) is 5.56 Å². The number of aryl methyl sites for hydroxylation is 1. The van der Waals surface area contributed by atoms with Crippen LogP contribution in [0.2, 0.25) is 0 Å². The van der Waals surface area contributed by atoms with Gasteiger partial charge in [0.1, 0.15) is 11.5 Å². The summed E-state index contributed by atoms with van der Waals surface area (Å²) in [4.78, 5) is 10.7. The maximum absolute atomic E-state index is 13.4. The van der Waals surface area contributed by atoms with E-state index in [-0.39, 0.29) is 5.69 Å². The van der Waals surface area contributed by atoms with Crippen LogP contribution in [0.5, 0.6) is 0 Å². The van der Waals surface area contributed by atoms with Crippen molar-refractivity contribution in [3.63, 3.8) is 0 Å². The number of ether oxygens (including phenoxy) is 1. The Morgan fingerprint density at radius 2 is 2.12 bits per heavy atom. The number of rotatable bonds is 3. The highest BCUT2D eigenvalue weighted by atomic mass is 19.1. The number of hydrogen-bond donors (Lipinski definition) is 1. The molecule has 1 N–H and O–H groups in total. The van der Waals surface area contributed by atoms with Crippen LogP contribution in [0.15, 0.2) is 24.4 Å². The van der Waals surface area contributed by atoms with Gasteiger partial charge in [-0.2, -0.15) is 0 Å². The van der Waals surface area contributed by atoms with Crippen molar-refractivity contribution in [2.45, 2.75) is 6.92 Å². The Hall–Kier alpha value is -1.91. The number of anilines is 1. The van der Waals surface area contributed by atoms with Gasteiger partial charge in [0.2, 0.25) is 0 Å². The molecule has 0 saturated carbocycles. The second-order valence-electron chi connectivity index (χ2n) is 3.05. The van der Waals surface area contributed by atoms with E-state index in [2.05, 4.69) is 10.1 Å². The summed E-state index contributed by atoms with van der Waals surface area (Å²) in [6.45, 7) is 1.52. The van der Waals surface area contributed by atoms with Gasteiger partial charge in [-0.05, 0) is 18.6 Å². The number of esters is 1. The van der Waals surface area contributed by atoms with E-state index in [1.165, 1.54) is 20.1 Å². The monoisotopic (exact) mass is 227 g/mol. The summed E-state index contributed by atoms with van der Waals surface area (Å²) in [6, 6.07) is 2.48. The fourth-order valence-corrected chi connectivity index (χ4v) is 1.05. The fraction of sp³-hybridized carbons (Fsp3) is 0.182. The number of hydrogen-bond acceptors (Lipinski definition) is 3. The quantitative estimate of drug-likeness (QED) is 0.636. The van der Waals surface area contributed by atoms with E-state index in [1.807, 2.05) is 0 Å². The first-order valence-electron chi connectivity index (χ1n) is 4.52. The SMILES string of the molecule is COC(=O)/C=C/Nc1c(F)ccc(C)c1F. The molecule has 5 heteroatoms. The van der Waals surface area contributed by atoms with Gasteiger partial charge in [-0.1, -0.05) is 6.07 Å². The average molecular weight is 227 g/mol. The van der Waals surface area contributed by atoms with Gasteiger partial charge in [0, 0.05) is 12.3 Å². The lowest BCUT2D eigenvalue weighted by atomic mass is 10.2. The molecular weight excluding hydrogens is 216 g/mol. The van der Waals surface area contributed by atoms with Gasteiger partial charge in [0.05, 0.1) is 7.11 Å². The van der Waals surface area contributed by atoms with Crippen LogP contribution in [-0.2, 0) is 9.53 Å². The molecule has 0 aliphatic rings. The standard InChI is InChI=1S/C11H11F2NO2/c1-7-3-4-8(12)11(10(7)13)14-6-5-9(15)16-2/h3-6,14H,1-2H3/b6-5+. The minimum absolute atomic E-state index is 0.292. The lowest BCUT2D eigenvalue weighted by Gasteiger charge is -2.06. The highest BCUT2D eigenvalue weighted by Gasteiger charge is 2.09. The second-order valence-corrected chi connectivity index (χ2v) is 3.05. The Balaban J connectivity index is 2.85. The van der Waals surface area contributed by atoms with Crippen molar-refractivity contribution in [2.24, 2.45) is 0 Å². The molecule has 0 aliphatic heterocycles. The van der Waals surface area contributed by atoms with Crippen LogP contribution in [-0.4, -0.2) is 13.1 Å². The van der Waals surface area contributed by atoms with E-state index in [0.717, 1.165) is 18.3 Å². The van der Waals surface area contributed by atoms with Crippen molar-refractivity contribution in [1.82, 2.24) is 0 Å². The molecule has 0 fully saturated rings. The third-order valence-corrected chi connectivity index (χ3v) is 1.93. The van der Waals surface area contributed by atoms with Crippen LogP contribution in [0.25, 0.3) is 0 Å². The lowest BCUT2D eigenvalue weighted by molar-refractivity contribution is -0.134. The Morgan fingerprint density at radius 1 is 1.44 bits per heavy atom. The first-order chi connectivity index (χ1) is 7.56. The van der Waals surface area contributed by atoms with Crippen molar-refractivity contribution < 1.29 is 18.3 Å². The molecule has 1 rings (SSSR count). The maximum Gasteiger partial charge on any atom is 0.331 e. The van der Waals surface area contributed by atoms with E-state index >= 15 is 0 Å². The zero-order valence-corrected chi connectivity index (χ0v) is 8.88. The number of halogens is 2. The zero-order valence-electron chi connectivity index (χ0n) is 8.88. The largest absolute Gasteiger partial charge is 0.466 e. The van der Waals surface area contributed by atoms with Crippen LogP contribution < -0.4 is 5.32 Å². The fourth-order valence-electron chi connectivity index (χ4n) is 1.05. The molecule has 0 unspecified atom stereocenters. The van der Waals surface area contributed by atoms with Gasteiger partial charge in [0.15, 0.2) is 5.82 Å². The molecule has 0 atom stereocenters. The molecule has 0 radical (unpaired) electrons. The van der Waals surface area contributed by atoms with Crippen molar-refractivity contribution >= 4 is 11.7 Å². The Bertz CT molecular complexity index is 430. The summed E-state index contributed by atoms with van der Waals surface area (Å²) in [5.41, 5.74) is 0.0236. The third kappa shape index (κ3) is 2.79. The normalized spacial score (nSPS) is 10.5. The molecule has 0 saturated heterocycles. The van der Waals surface area contributed by atoms with Crippen molar-refractivity contribution in [2.75, 3.05) is 12.4 Å². The minimum atomic E-state index is -0.724. The van der Waals surface area contributed by atoms with E-state index in [0.29, 0.717) is 5.56 Å². The van der Waals surface area contributed by atoms with Gasteiger partial charge >= 0.3 is 5.97 Å². The lowest BCUT2D eigenvalue weighted by Crippen LogP contribution is -2.00. The molecule has 0 heterocycles. The Kier molecular flexibility index (Phi) is 3.99. The van der Waals surface area contributed by atoms with E-state index in [4.69, 9.17) is 0 Å². The van der Waals surface area contributed by atoms with Gasteiger partial charge in [0.25, 0.3) is 0 Å². The van der Waals surface area contributed by atoms with E-state index in [9.17, 15) is 13.6 Å². The van der Waals surface area contributed by atoms with E-state index in [1.54, 1.807) is 0 Å². The number of methoxy groups -OCH3 is 1. The molecule has 3 nitrogen and oxygen atoms in total. The molecule has 0 amide bonds. The molecular formula is C11H11F2NO2. The number of nitrogens with one attached hydrogen (secondary N) is 1. The number of carbonyl (C=O) groups excluding carboxylic acids is 1. The van der Waals surface area contributed by atoms with Gasteiger partial charge in [-0.25, -0.2) is 13.6 Å². The van der Waals surface area contributed by atoms with Gasteiger partial charge in [-0.3, -0.25) is 0 Å². The Labute approximate surface area is 91.7 Å². The molecule has 0 aliphatic carbocycles. The summed E-state index contributed by atoms with van der Waals surface area (Å²) < 4.78 is 30.9. The summed E-state index contributed by atoms with van der Waals surface area (Å²) in [6.07, 6.45) is 2.15. The summed E-state index contributed by atoms with van der Waals surface area (Å²) in [5.74, 6) is -2.02. The third-order valence-electron chi connectivity index (χ3n) is 1.93. The smallest absolute Gasteiger partial charge is 0.331 e. The summed E-state index contributed by atoms with van der Waals surface area (Å²) in [7, 11) is 1.21. The van der Waals surface area contributed by atoms with Crippen LogP contribution in [0.3, 0.4) is 0 Å². The molecule has 16 heavy (non-hydrogen) atoms. The predicted molar refractivity (Wildman–Crippen MR) is 55.9 cm³/mol. The number of benzene rings is 1. The van der Waals surface area contributed by atoms with Crippen molar-refractivity contribution in [3.05, 3.63) is 41.6 Å². The maximum atomic E-state index is 13.4. The first-order valence-corrected chi connectivity index (χ1v) is 4.52. The average Bonchev–Trinajstić information content (AvgIpc) is 2.28. The van der Waals surface area contributed by atoms with Crippen LogP contribution in [0.4, 0.5) is 14.5 Å². The molecule has 1 aromatic rings. The molecule has 1 aromatic carbocycles. The summed E-state index contributed by atoms with van der Waals surface area (Å²) in [5, 5.41) is 2.36. The summed E-state index contributed by atoms with van der Waals surface area (Å²) >= 11 is 0. The second kappa shape index (κ2) is 5.25. The predicted octanol–water partition coefficient (Wildman–Crippen LogP) is 2.37. The van der Waals surface area contributed by atoms with Crippen LogP contribution >= 0.6 is 0 Å². The minimum Gasteiger partial charge on any atom is -0.466 e.